The van der Waals surface area contributed by atoms with Gasteiger partial charge in [0.25, 0.3) is 0 Å². The first kappa shape index (κ1) is 17.3. The van der Waals surface area contributed by atoms with Crippen molar-refractivity contribution in [3.05, 3.63) is 67.3 Å². The van der Waals surface area contributed by atoms with Crippen LogP contribution in [0.3, 0.4) is 0 Å². The van der Waals surface area contributed by atoms with Gasteiger partial charge in [0, 0.05) is 10.4 Å². The quantitative estimate of drug-likeness (QED) is 0.496. The molecule has 1 aromatic carbocycles. The van der Waals surface area contributed by atoms with Gasteiger partial charge in [0.2, 0.25) is 0 Å². The van der Waals surface area contributed by atoms with Crippen molar-refractivity contribution in [3.63, 3.8) is 0 Å². The molecule has 0 amide bonds. The van der Waals surface area contributed by atoms with Crippen LogP contribution >= 0.6 is 34.5 Å². The molecule has 0 radical (unpaired) electrons. The lowest BCUT2D eigenvalue weighted by Crippen LogP contribution is -1.95. The number of rotatable bonds is 4. The van der Waals surface area contributed by atoms with Crippen molar-refractivity contribution in [2.24, 2.45) is 0 Å². The first-order valence-corrected chi connectivity index (χ1v) is 8.97. The average molecular weight is 351 g/mol. The van der Waals surface area contributed by atoms with Crippen LogP contribution < -0.4 is 0 Å². The second-order valence-corrected chi connectivity index (χ2v) is 7.30. The maximum absolute atomic E-state index is 6.48. The summed E-state index contributed by atoms with van der Waals surface area (Å²) in [5.74, 6) is 0. The number of hydrogen-bond acceptors (Lipinski definition) is 1. The van der Waals surface area contributed by atoms with E-state index in [1.165, 1.54) is 21.6 Å². The van der Waals surface area contributed by atoms with E-state index >= 15 is 0 Å². The molecule has 0 nitrogen and oxygen atoms in total. The molecular formula is C19H20Cl2S. The summed E-state index contributed by atoms with van der Waals surface area (Å²) >= 11 is 14.5. The molecule has 0 unspecified atom stereocenters. The van der Waals surface area contributed by atoms with Gasteiger partial charge in [-0.2, -0.15) is 0 Å². The van der Waals surface area contributed by atoms with Gasteiger partial charge >= 0.3 is 0 Å². The highest BCUT2D eigenvalue weighted by Crippen LogP contribution is 2.41. The van der Waals surface area contributed by atoms with Gasteiger partial charge in [0.1, 0.15) is 0 Å². The summed E-state index contributed by atoms with van der Waals surface area (Å²) in [6, 6.07) is 8.01. The SMILES string of the molecule is CC/C=C(/C(=C(C)C)c1ccsc1C)c1cccc(Cl)c1Cl. The summed E-state index contributed by atoms with van der Waals surface area (Å²) < 4.78 is 0. The topological polar surface area (TPSA) is 0 Å². The molecule has 2 rings (SSSR count). The third-order valence-corrected chi connectivity index (χ3v) is 5.21. The maximum Gasteiger partial charge on any atom is 0.0670 e. The van der Waals surface area contributed by atoms with E-state index < -0.39 is 0 Å². The van der Waals surface area contributed by atoms with E-state index in [2.05, 4.69) is 45.2 Å². The van der Waals surface area contributed by atoms with Gasteiger partial charge in [-0.1, -0.05) is 53.9 Å². The van der Waals surface area contributed by atoms with Crippen LogP contribution in [0.25, 0.3) is 11.1 Å². The Kier molecular flexibility index (Phi) is 5.91. The van der Waals surface area contributed by atoms with Crippen molar-refractivity contribution < 1.29 is 0 Å². The number of thiophene rings is 1. The Morgan fingerprint density at radius 1 is 1.14 bits per heavy atom. The van der Waals surface area contributed by atoms with Crippen LogP contribution in [-0.4, -0.2) is 0 Å². The summed E-state index contributed by atoms with van der Waals surface area (Å²) in [5.41, 5.74) is 5.97. The smallest absolute Gasteiger partial charge is 0.0670 e. The molecule has 0 bridgehead atoms. The van der Waals surface area contributed by atoms with Gasteiger partial charge in [0.15, 0.2) is 0 Å². The zero-order chi connectivity index (χ0) is 16.3. The molecule has 1 aromatic heterocycles. The zero-order valence-electron chi connectivity index (χ0n) is 13.3. The second-order valence-electron chi connectivity index (χ2n) is 5.39. The Bertz CT molecular complexity index is 732. The molecule has 116 valence electrons. The molecule has 2 aromatic rings. The molecule has 22 heavy (non-hydrogen) atoms. The fraction of sp³-hybridized carbons (Fsp3) is 0.263. The third-order valence-electron chi connectivity index (χ3n) is 3.55. The summed E-state index contributed by atoms with van der Waals surface area (Å²) in [6.07, 6.45) is 3.18. The van der Waals surface area contributed by atoms with Gasteiger partial charge in [-0.25, -0.2) is 0 Å². The van der Waals surface area contributed by atoms with Crippen molar-refractivity contribution in [2.75, 3.05) is 0 Å². The van der Waals surface area contributed by atoms with Crippen LogP contribution in [0, 0.1) is 6.92 Å². The van der Waals surface area contributed by atoms with Crippen molar-refractivity contribution in [1.82, 2.24) is 0 Å². The molecule has 0 aliphatic heterocycles. The largest absolute Gasteiger partial charge is 0.149 e. The van der Waals surface area contributed by atoms with Crippen LogP contribution in [-0.2, 0) is 0 Å². The number of hydrogen-bond donors (Lipinski definition) is 0. The summed E-state index contributed by atoms with van der Waals surface area (Å²) in [5, 5.41) is 3.35. The van der Waals surface area contributed by atoms with Gasteiger partial charge in [-0.05, 0) is 61.4 Å². The van der Waals surface area contributed by atoms with E-state index in [0.717, 1.165) is 17.6 Å². The molecule has 0 atom stereocenters. The number of benzene rings is 1. The summed E-state index contributed by atoms with van der Waals surface area (Å²) in [7, 11) is 0. The Hall–Kier alpha value is -1.02. The maximum atomic E-state index is 6.48. The van der Waals surface area contributed by atoms with E-state index in [4.69, 9.17) is 23.2 Å². The normalized spacial score (nSPS) is 11.6. The average Bonchev–Trinajstić information content (AvgIpc) is 2.87. The number of aryl methyl sites for hydroxylation is 1. The summed E-state index contributed by atoms with van der Waals surface area (Å²) in [6.45, 7) is 8.59. The molecule has 1 heterocycles. The Labute approximate surface area is 147 Å². The van der Waals surface area contributed by atoms with Crippen molar-refractivity contribution in [1.29, 1.82) is 0 Å². The van der Waals surface area contributed by atoms with Crippen LogP contribution in [0.5, 0.6) is 0 Å². The van der Waals surface area contributed by atoms with E-state index in [9.17, 15) is 0 Å². The Balaban J connectivity index is 2.71. The molecule has 0 fully saturated rings. The Morgan fingerprint density at radius 3 is 2.41 bits per heavy atom. The first-order valence-electron chi connectivity index (χ1n) is 7.34. The molecule has 0 saturated heterocycles. The zero-order valence-corrected chi connectivity index (χ0v) is 15.7. The molecule has 0 spiro atoms. The third kappa shape index (κ3) is 3.48. The van der Waals surface area contributed by atoms with E-state index in [1.54, 1.807) is 11.3 Å². The van der Waals surface area contributed by atoms with Gasteiger partial charge < -0.3 is 0 Å². The minimum absolute atomic E-state index is 0.594. The predicted octanol–water partition coefficient (Wildman–Crippen LogP) is 7.65. The van der Waals surface area contributed by atoms with Crippen molar-refractivity contribution in [2.45, 2.75) is 34.1 Å². The second kappa shape index (κ2) is 7.50. The summed E-state index contributed by atoms with van der Waals surface area (Å²) in [4.78, 5) is 1.32. The van der Waals surface area contributed by atoms with Crippen LogP contribution in [0.1, 0.15) is 43.2 Å². The lowest BCUT2D eigenvalue weighted by Gasteiger charge is -2.17. The number of allylic oxidation sites excluding steroid dienone is 4. The minimum atomic E-state index is 0.594. The highest BCUT2D eigenvalue weighted by Gasteiger charge is 2.17. The predicted molar refractivity (Wildman–Crippen MR) is 102 cm³/mol. The molecule has 3 heteroatoms. The highest BCUT2D eigenvalue weighted by molar-refractivity contribution is 7.10. The van der Waals surface area contributed by atoms with Gasteiger partial charge in [0.05, 0.1) is 10.0 Å². The fourth-order valence-corrected chi connectivity index (χ4v) is 3.70. The van der Waals surface area contributed by atoms with Crippen molar-refractivity contribution >= 4 is 45.7 Å². The van der Waals surface area contributed by atoms with E-state index in [0.29, 0.717) is 10.0 Å². The standard InChI is InChI=1S/C19H20Cl2S/c1-5-7-15(16-8-6-9-17(20)19(16)21)18(12(2)3)14-10-11-22-13(14)4/h6-11H,5H2,1-4H3/b15-7+. The molecule has 0 aliphatic rings. The van der Waals surface area contributed by atoms with Gasteiger partial charge in [-0.15, -0.1) is 11.3 Å². The molecule has 0 saturated carbocycles. The fourth-order valence-electron chi connectivity index (χ4n) is 2.59. The van der Waals surface area contributed by atoms with E-state index in [1.807, 2.05) is 18.2 Å². The lowest BCUT2D eigenvalue weighted by atomic mass is 9.89. The highest BCUT2D eigenvalue weighted by atomic mass is 35.5. The van der Waals surface area contributed by atoms with Crippen LogP contribution in [0.4, 0.5) is 0 Å². The van der Waals surface area contributed by atoms with Crippen LogP contribution in [0.2, 0.25) is 10.0 Å². The number of halogens is 2. The Morgan fingerprint density at radius 2 is 1.86 bits per heavy atom. The van der Waals surface area contributed by atoms with Crippen LogP contribution in [0.15, 0.2) is 41.3 Å². The monoisotopic (exact) mass is 350 g/mol. The minimum Gasteiger partial charge on any atom is -0.149 e. The van der Waals surface area contributed by atoms with Crippen molar-refractivity contribution in [3.8, 4) is 0 Å². The lowest BCUT2D eigenvalue weighted by molar-refractivity contribution is 1.22. The molecule has 0 aliphatic carbocycles. The molecule has 0 N–H and O–H groups in total. The van der Waals surface area contributed by atoms with Gasteiger partial charge in [-0.3, -0.25) is 0 Å². The first-order chi connectivity index (χ1) is 10.5. The molecular weight excluding hydrogens is 331 g/mol. The van der Waals surface area contributed by atoms with E-state index in [-0.39, 0.29) is 0 Å².